The Labute approximate surface area is 139 Å². The fourth-order valence-corrected chi connectivity index (χ4v) is 2.40. The van der Waals surface area contributed by atoms with E-state index < -0.39 is 6.04 Å². The number of nitrogens with one attached hydrogen (secondary N) is 1. The fraction of sp³-hybridized carbons (Fsp3) is 0.556. The molecule has 0 bridgehead atoms. The molecule has 2 amide bonds. The van der Waals surface area contributed by atoms with Crippen molar-refractivity contribution in [1.82, 2.24) is 4.90 Å². The molecule has 0 saturated heterocycles. The van der Waals surface area contributed by atoms with Gasteiger partial charge in [0.2, 0.25) is 11.8 Å². The first kappa shape index (κ1) is 19.2. The van der Waals surface area contributed by atoms with Crippen LogP contribution < -0.4 is 11.1 Å². The number of hydrogen-bond acceptors (Lipinski definition) is 3. The van der Waals surface area contributed by atoms with Crippen LogP contribution >= 0.6 is 0 Å². The largest absolute Gasteiger partial charge is 0.336 e. The Morgan fingerprint density at radius 1 is 1.13 bits per heavy atom. The average Bonchev–Trinajstić information content (AvgIpc) is 2.44. The molecule has 0 unspecified atom stereocenters. The Bertz CT molecular complexity index is 524. The molecule has 0 aromatic heterocycles. The van der Waals surface area contributed by atoms with Crippen LogP contribution in [0.4, 0.5) is 5.69 Å². The Morgan fingerprint density at radius 3 is 2.13 bits per heavy atom. The zero-order chi connectivity index (χ0) is 17.6. The van der Waals surface area contributed by atoms with E-state index in [0.717, 1.165) is 11.3 Å². The number of benzene rings is 1. The van der Waals surface area contributed by atoms with E-state index >= 15 is 0 Å². The molecule has 0 aliphatic heterocycles. The van der Waals surface area contributed by atoms with E-state index in [9.17, 15) is 9.59 Å². The predicted molar refractivity (Wildman–Crippen MR) is 93.9 cm³/mol. The van der Waals surface area contributed by atoms with Crippen LogP contribution in [0.5, 0.6) is 0 Å². The lowest BCUT2D eigenvalue weighted by atomic mass is 10.0. The Hall–Kier alpha value is -1.88. The zero-order valence-corrected chi connectivity index (χ0v) is 14.8. The summed E-state index contributed by atoms with van der Waals surface area (Å²) in [6.45, 7) is 10.2. The molecule has 0 radical (unpaired) electrons. The van der Waals surface area contributed by atoms with Crippen molar-refractivity contribution in [2.45, 2.75) is 59.7 Å². The first-order valence-corrected chi connectivity index (χ1v) is 8.13. The van der Waals surface area contributed by atoms with Crippen LogP contribution in [0.15, 0.2) is 24.3 Å². The number of carbonyl (C=O) groups is 2. The molecule has 1 aromatic carbocycles. The van der Waals surface area contributed by atoms with Crippen molar-refractivity contribution in [3.05, 3.63) is 29.8 Å². The average molecular weight is 319 g/mol. The molecular formula is C18H29N3O2. The van der Waals surface area contributed by atoms with Gasteiger partial charge in [-0.15, -0.1) is 0 Å². The van der Waals surface area contributed by atoms with Crippen molar-refractivity contribution in [3.63, 3.8) is 0 Å². The Morgan fingerprint density at radius 2 is 1.70 bits per heavy atom. The van der Waals surface area contributed by atoms with Gasteiger partial charge in [0.25, 0.3) is 0 Å². The molecule has 0 fully saturated rings. The van der Waals surface area contributed by atoms with Gasteiger partial charge in [0, 0.05) is 25.2 Å². The van der Waals surface area contributed by atoms with Crippen molar-refractivity contribution < 1.29 is 9.59 Å². The number of amides is 2. The second kappa shape index (κ2) is 8.67. The van der Waals surface area contributed by atoms with Crippen molar-refractivity contribution >= 4 is 17.5 Å². The van der Waals surface area contributed by atoms with Gasteiger partial charge in [-0.3, -0.25) is 9.59 Å². The van der Waals surface area contributed by atoms with Gasteiger partial charge in [-0.05, 0) is 43.9 Å². The van der Waals surface area contributed by atoms with Crippen LogP contribution in [-0.2, 0) is 16.1 Å². The van der Waals surface area contributed by atoms with Gasteiger partial charge in [-0.2, -0.15) is 0 Å². The fourth-order valence-electron chi connectivity index (χ4n) is 2.40. The van der Waals surface area contributed by atoms with Crippen molar-refractivity contribution in [1.29, 1.82) is 0 Å². The van der Waals surface area contributed by atoms with E-state index in [1.54, 1.807) is 11.8 Å². The lowest BCUT2D eigenvalue weighted by Crippen LogP contribution is -2.36. The maximum atomic E-state index is 12.0. The number of carbonyl (C=O) groups excluding carboxylic acids is 2. The number of hydrogen-bond donors (Lipinski definition) is 2. The van der Waals surface area contributed by atoms with E-state index in [2.05, 4.69) is 5.32 Å². The minimum absolute atomic E-state index is 0.0528. The third kappa shape index (κ3) is 6.40. The molecule has 1 atom stereocenters. The predicted octanol–water partition coefficient (Wildman–Crippen LogP) is 2.76. The minimum atomic E-state index is -0.496. The lowest BCUT2D eigenvalue weighted by molar-refractivity contribution is -0.131. The second-order valence-electron chi connectivity index (χ2n) is 6.66. The molecule has 5 heteroatoms. The van der Waals surface area contributed by atoms with E-state index in [1.165, 1.54) is 0 Å². The normalized spacial score (nSPS) is 12.3. The van der Waals surface area contributed by atoms with Crippen molar-refractivity contribution in [3.8, 4) is 0 Å². The van der Waals surface area contributed by atoms with Crippen LogP contribution in [0.25, 0.3) is 0 Å². The van der Waals surface area contributed by atoms with Gasteiger partial charge in [0.1, 0.15) is 0 Å². The smallest absolute Gasteiger partial charge is 0.241 e. The van der Waals surface area contributed by atoms with Crippen LogP contribution in [0.1, 0.15) is 46.6 Å². The summed E-state index contributed by atoms with van der Waals surface area (Å²) in [6.07, 6.45) is 0.659. The topological polar surface area (TPSA) is 75.4 Å². The van der Waals surface area contributed by atoms with E-state index in [4.69, 9.17) is 5.73 Å². The van der Waals surface area contributed by atoms with Crippen molar-refractivity contribution in [2.75, 3.05) is 5.32 Å². The lowest BCUT2D eigenvalue weighted by Gasteiger charge is -2.25. The maximum Gasteiger partial charge on any atom is 0.241 e. The van der Waals surface area contributed by atoms with E-state index in [1.807, 2.05) is 52.0 Å². The third-order valence-electron chi connectivity index (χ3n) is 3.66. The van der Waals surface area contributed by atoms with Gasteiger partial charge in [-0.25, -0.2) is 0 Å². The van der Waals surface area contributed by atoms with E-state index in [-0.39, 0.29) is 17.9 Å². The second-order valence-corrected chi connectivity index (χ2v) is 6.66. The molecule has 128 valence electrons. The van der Waals surface area contributed by atoms with Gasteiger partial charge >= 0.3 is 0 Å². The van der Waals surface area contributed by atoms with Gasteiger partial charge in [0.05, 0.1) is 6.04 Å². The van der Waals surface area contributed by atoms with E-state index in [0.29, 0.717) is 18.9 Å². The molecule has 0 aliphatic carbocycles. The monoisotopic (exact) mass is 319 g/mol. The molecule has 0 aliphatic rings. The molecule has 5 nitrogen and oxygen atoms in total. The highest BCUT2D eigenvalue weighted by atomic mass is 16.2. The standard InChI is InChI=1S/C18H29N3O2/c1-12(2)10-17(19)18(23)20-16-8-6-15(7-9-16)11-21(13(3)4)14(5)22/h6-9,12-13,17H,10-11,19H2,1-5H3,(H,20,23)/t17-/m0/s1. The van der Waals surface area contributed by atoms with Crippen LogP contribution in [0, 0.1) is 5.92 Å². The first-order chi connectivity index (χ1) is 10.7. The van der Waals surface area contributed by atoms with Gasteiger partial charge < -0.3 is 16.0 Å². The molecule has 23 heavy (non-hydrogen) atoms. The first-order valence-electron chi connectivity index (χ1n) is 8.13. The third-order valence-corrected chi connectivity index (χ3v) is 3.66. The number of nitrogens with zero attached hydrogens (tertiary/aromatic N) is 1. The molecule has 0 saturated carbocycles. The highest BCUT2D eigenvalue weighted by molar-refractivity contribution is 5.94. The quantitative estimate of drug-likeness (QED) is 0.811. The SMILES string of the molecule is CC(=O)N(Cc1ccc(NC(=O)[C@@H](N)CC(C)C)cc1)C(C)C. The summed E-state index contributed by atoms with van der Waals surface area (Å²) in [6, 6.07) is 7.18. The summed E-state index contributed by atoms with van der Waals surface area (Å²) >= 11 is 0. The molecule has 0 spiro atoms. The summed E-state index contributed by atoms with van der Waals surface area (Å²) in [5.74, 6) is 0.266. The summed E-state index contributed by atoms with van der Waals surface area (Å²) in [5.41, 5.74) is 7.62. The number of nitrogens with two attached hydrogens (primary N) is 1. The van der Waals surface area contributed by atoms with Crippen LogP contribution in [0.2, 0.25) is 0 Å². The summed E-state index contributed by atoms with van der Waals surface area (Å²) in [5, 5.41) is 2.83. The molecule has 3 N–H and O–H groups in total. The Kier molecular flexibility index (Phi) is 7.23. The van der Waals surface area contributed by atoms with Crippen LogP contribution in [0.3, 0.4) is 0 Å². The van der Waals surface area contributed by atoms with Gasteiger partial charge in [0.15, 0.2) is 0 Å². The van der Waals surface area contributed by atoms with Gasteiger partial charge in [-0.1, -0.05) is 26.0 Å². The minimum Gasteiger partial charge on any atom is -0.336 e. The highest BCUT2D eigenvalue weighted by Crippen LogP contribution is 2.14. The molecule has 0 heterocycles. The zero-order valence-electron chi connectivity index (χ0n) is 14.8. The number of anilines is 1. The highest BCUT2D eigenvalue weighted by Gasteiger charge is 2.16. The summed E-state index contributed by atoms with van der Waals surface area (Å²) in [4.78, 5) is 25.4. The summed E-state index contributed by atoms with van der Waals surface area (Å²) < 4.78 is 0. The molecule has 1 aromatic rings. The number of rotatable bonds is 7. The van der Waals surface area contributed by atoms with Crippen LogP contribution in [-0.4, -0.2) is 28.8 Å². The van der Waals surface area contributed by atoms with Crippen molar-refractivity contribution in [2.24, 2.45) is 11.7 Å². The summed E-state index contributed by atoms with van der Waals surface area (Å²) in [7, 11) is 0. The molecule has 1 rings (SSSR count). The maximum absolute atomic E-state index is 12.0. The molecular weight excluding hydrogens is 290 g/mol. The Balaban J connectivity index is 2.66.